The second-order valence-corrected chi connectivity index (χ2v) is 6.93. The van der Waals surface area contributed by atoms with Crippen molar-refractivity contribution in [1.29, 1.82) is 0 Å². The van der Waals surface area contributed by atoms with Crippen molar-refractivity contribution >= 4 is 50.6 Å². The monoisotopic (exact) mass is 374 g/mol. The molecule has 0 atom stereocenters. The summed E-state index contributed by atoms with van der Waals surface area (Å²) in [6, 6.07) is 7.98. The fourth-order valence-electron chi connectivity index (χ4n) is 1.71. The molecule has 2 aromatic carbocycles. The van der Waals surface area contributed by atoms with Crippen LogP contribution in [-0.2, 0) is 14.9 Å². The first-order valence-corrected chi connectivity index (χ1v) is 8.42. The highest BCUT2D eigenvalue weighted by molar-refractivity contribution is 7.87. The minimum atomic E-state index is -4.14. The Balaban J connectivity index is 2.32. The van der Waals surface area contributed by atoms with E-state index in [-0.39, 0.29) is 27.3 Å². The van der Waals surface area contributed by atoms with E-state index < -0.39 is 10.1 Å². The minimum Gasteiger partial charge on any atom is -0.397 e. The van der Waals surface area contributed by atoms with Crippen LogP contribution < -0.4 is 15.2 Å². The number of nitrogen functional groups attached to an aromatic ring is 1. The topological polar surface area (TPSA) is 98.5 Å². The number of hydrogen-bond acceptors (Lipinski definition) is 5. The molecule has 9 heteroatoms. The van der Waals surface area contributed by atoms with Gasteiger partial charge in [0.1, 0.15) is 4.90 Å². The van der Waals surface area contributed by atoms with Crippen molar-refractivity contribution in [3.05, 3.63) is 46.4 Å². The molecular weight excluding hydrogens is 363 g/mol. The smallest absolute Gasteiger partial charge is 0.339 e. The van der Waals surface area contributed by atoms with E-state index in [9.17, 15) is 13.2 Å². The van der Waals surface area contributed by atoms with E-state index in [0.717, 1.165) is 0 Å². The van der Waals surface area contributed by atoms with Gasteiger partial charge in [-0.25, -0.2) is 0 Å². The second-order valence-electron chi connectivity index (χ2n) is 4.54. The zero-order valence-electron chi connectivity index (χ0n) is 11.8. The van der Waals surface area contributed by atoms with Crippen molar-refractivity contribution in [3.63, 3.8) is 0 Å². The van der Waals surface area contributed by atoms with Crippen LogP contribution in [0.3, 0.4) is 0 Å². The van der Waals surface area contributed by atoms with Crippen LogP contribution in [0.1, 0.15) is 6.92 Å². The van der Waals surface area contributed by atoms with Gasteiger partial charge in [-0.1, -0.05) is 23.2 Å². The summed E-state index contributed by atoms with van der Waals surface area (Å²) < 4.78 is 29.5. The molecule has 0 unspecified atom stereocenters. The molecule has 3 N–H and O–H groups in total. The lowest BCUT2D eigenvalue weighted by atomic mass is 10.2. The van der Waals surface area contributed by atoms with Crippen molar-refractivity contribution in [2.24, 2.45) is 0 Å². The van der Waals surface area contributed by atoms with E-state index in [2.05, 4.69) is 5.32 Å². The van der Waals surface area contributed by atoms with Gasteiger partial charge >= 0.3 is 10.1 Å². The maximum atomic E-state index is 12.3. The van der Waals surface area contributed by atoms with Crippen molar-refractivity contribution in [3.8, 4) is 5.75 Å². The summed E-state index contributed by atoms with van der Waals surface area (Å²) in [6.45, 7) is 1.32. The van der Waals surface area contributed by atoms with Gasteiger partial charge in [0.25, 0.3) is 0 Å². The van der Waals surface area contributed by atoms with Crippen LogP contribution in [0.15, 0.2) is 41.3 Å². The first kappa shape index (κ1) is 17.4. The van der Waals surface area contributed by atoms with Crippen LogP contribution >= 0.6 is 23.2 Å². The molecule has 0 aliphatic rings. The highest BCUT2D eigenvalue weighted by atomic mass is 35.5. The van der Waals surface area contributed by atoms with Gasteiger partial charge in [0.2, 0.25) is 5.91 Å². The summed E-state index contributed by atoms with van der Waals surface area (Å²) in [5, 5.41) is 2.89. The lowest BCUT2D eigenvalue weighted by molar-refractivity contribution is -0.114. The molecule has 0 bridgehead atoms. The standard InChI is InChI=1S/C14H12Cl2N2O4S/c1-8(19)18-13-4-3-10(7-12(13)17)23(20,21)22-14-5-2-9(15)6-11(14)16/h2-7H,17H2,1H3,(H,18,19). The number of nitrogens with two attached hydrogens (primary N) is 1. The number of nitrogens with one attached hydrogen (secondary N) is 1. The van der Waals surface area contributed by atoms with E-state index in [1.54, 1.807) is 0 Å². The zero-order valence-corrected chi connectivity index (χ0v) is 14.2. The summed E-state index contributed by atoms with van der Waals surface area (Å²) >= 11 is 11.6. The minimum absolute atomic E-state index is 0.0550. The number of benzene rings is 2. The Bertz CT molecular complexity index is 869. The number of halogens is 2. The van der Waals surface area contributed by atoms with Crippen LogP contribution in [0.4, 0.5) is 11.4 Å². The third kappa shape index (κ3) is 4.28. The zero-order chi connectivity index (χ0) is 17.2. The van der Waals surface area contributed by atoms with E-state index in [1.807, 2.05) is 0 Å². The van der Waals surface area contributed by atoms with Gasteiger partial charge in [0.05, 0.1) is 16.4 Å². The summed E-state index contributed by atoms with van der Waals surface area (Å²) in [6.07, 6.45) is 0. The average molecular weight is 375 g/mol. The molecule has 0 spiro atoms. The largest absolute Gasteiger partial charge is 0.397 e. The molecule has 0 aromatic heterocycles. The molecule has 1 amide bonds. The molecule has 2 rings (SSSR count). The van der Waals surface area contributed by atoms with Crippen LogP contribution in [0.2, 0.25) is 10.0 Å². The Hall–Kier alpha value is -1.96. The Labute approximate surface area is 143 Å². The molecule has 122 valence electrons. The summed E-state index contributed by atoms with van der Waals surface area (Å²) in [4.78, 5) is 10.8. The lowest BCUT2D eigenvalue weighted by Crippen LogP contribution is -2.12. The van der Waals surface area contributed by atoms with Gasteiger partial charge in [-0.15, -0.1) is 0 Å². The number of hydrogen-bond donors (Lipinski definition) is 2. The van der Waals surface area contributed by atoms with Gasteiger partial charge in [-0.3, -0.25) is 4.79 Å². The van der Waals surface area contributed by atoms with Crippen LogP contribution in [0.5, 0.6) is 5.75 Å². The molecule has 0 fully saturated rings. The third-order valence-corrected chi connectivity index (χ3v) is 4.48. The van der Waals surface area contributed by atoms with Crippen molar-refractivity contribution in [2.75, 3.05) is 11.1 Å². The fraction of sp³-hybridized carbons (Fsp3) is 0.0714. The van der Waals surface area contributed by atoms with Gasteiger partial charge in [-0.2, -0.15) is 8.42 Å². The number of anilines is 2. The Kier molecular flexibility index (Phi) is 5.03. The Morgan fingerprint density at radius 2 is 1.87 bits per heavy atom. The summed E-state index contributed by atoms with van der Waals surface area (Å²) in [5.74, 6) is -0.378. The quantitative estimate of drug-likeness (QED) is 0.631. The van der Waals surface area contributed by atoms with Crippen LogP contribution in [-0.4, -0.2) is 14.3 Å². The number of rotatable bonds is 4. The highest BCUT2D eigenvalue weighted by Crippen LogP contribution is 2.31. The second kappa shape index (κ2) is 6.66. The average Bonchev–Trinajstić information content (AvgIpc) is 2.43. The van der Waals surface area contributed by atoms with Crippen molar-refractivity contribution < 1.29 is 17.4 Å². The molecule has 2 aromatic rings. The Morgan fingerprint density at radius 3 is 2.43 bits per heavy atom. The molecule has 0 aliphatic heterocycles. The molecule has 6 nitrogen and oxygen atoms in total. The normalized spacial score (nSPS) is 11.1. The fourth-order valence-corrected chi connectivity index (χ4v) is 3.19. The molecule has 0 heterocycles. The molecule has 0 saturated carbocycles. The van der Waals surface area contributed by atoms with Crippen LogP contribution in [0.25, 0.3) is 0 Å². The van der Waals surface area contributed by atoms with Gasteiger partial charge in [0.15, 0.2) is 5.75 Å². The molecule has 0 saturated heterocycles. The lowest BCUT2D eigenvalue weighted by Gasteiger charge is -2.11. The summed E-state index contributed by atoms with van der Waals surface area (Å²) in [7, 11) is -4.14. The van der Waals surface area contributed by atoms with E-state index >= 15 is 0 Å². The van der Waals surface area contributed by atoms with E-state index in [4.69, 9.17) is 33.1 Å². The molecule has 23 heavy (non-hydrogen) atoms. The SMILES string of the molecule is CC(=O)Nc1ccc(S(=O)(=O)Oc2ccc(Cl)cc2Cl)cc1N. The predicted octanol–water partition coefficient (Wildman–Crippen LogP) is 3.30. The number of carbonyl (C=O) groups is 1. The number of carbonyl (C=O) groups excluding carboxylic acids is 1. The Morgan fingerprint density at radius 1 is 1.17 bits per heavy atom. The highest BCUT2D eigenvalue weighted by Gasteiger charge is 2.19. The maximum Gasteiger partial charge on any atom is 0.339 e. The van der Waals surface area contributed by atoms with Crippen molar-refractivity contribution in [2.45, 2.75) is 11.8 Å². The van der Waals surface area contributed by atoms with E-state index in [1.165, 1.54) is 43.3 Å². The van der Waals surface area contributed by atoms with Gasteiger partial charge < -0.3 is 15.2 Å². The van der Waals surface area contributed by atoms with Crippen LogP contribution in [0, 0.1) is 0 Å². The first-order valence-electron chi connectivity index (χ1n) is 6.26. The third-order valence-electron chi connectivity index (χ3n) is 2.72. The first-order chi connectivity index (χ1) is 10.7. The predicted molar refractivity (Wildman–Crippen MR) is 89.4 cm³/mol. The van der Waals surface area contributed by atoms with Gasteiger partial charge in [-0.05, 0) is 36.4 Å². The summed E-state index contributed by atoms with van der Waals surface area (Å²) in [5.41, 5.74) is 6.13. The van der Waals surface area contributed by atoms with Gasteiger partial charge in [0, 0.05) is 11.9 Å². The van der Waals surface area contributed by atoms with E-state index in [0.29, 0.717) is 10.7 Å². The molecular formula is C14H12Cl2N2O4S. The molecule has 0 radical (unpaired) electrons. The number of amides is 1. The maximum absolute atomic E-state index is 12.3. The van der Waals surface area contributed by atoms with Crippen molar-refractivity contribution in [1.82, 2.24) is 0 Å². The molecule has 0 aliphatic carbocycles.